The molecule has 0 bridgehead atoms. The number of nitrogens with zero attached hydrogens (tertiary/aromatic N) is 3. The predicted molar refractivity (Wildman–Crippen MR) is 80.1 cm³/mol. The van der Waals surface area contributed by atoms with E-state index in [0.29, 0.717) is 4.47 Å². The number of aromatic nitrogens is 2. The minimum absolute atomic E-state index is 0.170. The van der Waals surface area contributed by atoms with Crippen molar-refractivity contribution >= 4 is 27.7 Å². The summed E-state index contributed by atoms with van der Waals surface area (Å²) in [6, 6.07) is 5.52. The summed E-state index contributed by atoms with van der Waals surface area (Å²) in [5, 5.41) is 8.91. The second-order valence-corrected chi connectivity index (χ2v) is 5.22. The van der Waals surface area contributed by atoms with E-state index in [0.717, 1.165) is 18.8 Å². The first-order valence-corrected chi connectivity index (χ1v) is 6.86. The zero-order valence-corrected chi connectivity index (χ0v) is 12.5. The van der Waals surface area contributed by atoms with Gasteiger partial charge in [-0.3, -0.25) is 4.98 Å². The van der Waals surface area contributed by atoms with Crippen LogP contribution < -0.4 is 4.90 Å². The molecule has 0 saturated carbocycles. The van der Waals surface area contributed by atoms with Crippen LogP contribution in [0.15, 0.2) is 41.3 Å². The van der Waals surface area contributed by atoms with Crippen LogP contribution in [-0.2, 0) is 6.42 Å². The first kappa shape index (κ1) is 14.5. The van der Waals surface area contributed by atoms with E-state index in [-0.39, 0.29) is 5.56 Å². The average molecular weight is 336 g/mol. The molecule has 104 valence electrons. The predicted octanol–water partition coefficient (Wildman–Crippen LogP) is 2.62. The molecule has 20 heavy (non-hydrogen) atoms. The number of rotatable bonds is 5. The second kappa shape index (κ2) is 6.47. The Bertz CT molecular complexity index is 605. The third kappa shape index (κ3) is 3.54. The maximum Gasteiger partial charge on any atom is 0.337 e. The van der Waals surface area contributed by atoms with Gasteiger partial charge in [-0.15, -0.1) is 0 Å². The van der Waals surface area contributed by atoms with E-state index in [9.17, 15) is 4.79 Å². The lowest BCUT2D eigenvalue weighted by Gasteiger charge is -2.19. The van der Waals surface area contributed by atoms with E-state index < -0.39 is 5.97 Å². The highest BCUT2D eigenvalue weighted by Crippen LogP contribution is 2.24. The van der Waals surface area contributed by atoms with Crippen LogP contribution in [0.25, 0.3) is 0 Å². The highest BCUT2D eigenvalue weighted by Gasteiger charge is 2.11. The highest BCUT2D eigenvalue weighted by atomic mass is 79.9. The standard InChI is InChI=1S/C14H14BrN3O2/c1-18(7-4-10-2-5-16-6-3-10)13-12(15)8-11(9-17-13)14(19)20/h2-3,5-6,8-9H,4,7H2,1H3,(H,19,20). The van der Waals surface area contributed by atoms with Gasteiger partial charge in [0.05, 0.1) is 10.0 Å². The van der Waals surface area contributed by atoms with Crippen molar-refractivity contribution in [2.45, 2.75) is 6.42 Å². The van der Waals surface area contributed by atoms with E-state index in [1.54, 1.807) is 18.5 Å². The fraction of sp³-hybridized carbons (Fsp3) is 0.214. The maximum atomic E-state index is 10.9. The smallest absolute Gasteiger partial charge is 0.337 e. The summed E-state index contributed by atoms with van der Waals surface area (Å²) in [6.07, 6.45) is 5.77. The van der Waals surface area contributed by atoms with Crippen molar-refractivity contribution in [1.29, 1.82) is 0 Å². The van der Waals surface area contributed by atoms with Gasteiger partial charge in [-0.05, 0) is 46.1 Å². The molecule has 0 aromatic carbocycles. The van der Waals surface area contributed by atoms with Gasteiger partial charge >= 0.3 is 5.97 Å². The molecule has 0 aliphatic rings. The van der Waals surface area contributed by atoms with E-state index >= 15 is 0 Å². The maximum absolute atomic E-state index is 10.9. The van der Waals surface area contributed by atoms with Crippen LogP contribution >= 0.6 is 15.9 Å². The Morgan fingerprint density at radius 1 is 1.40 bits per heavy atom. The van der Waals surface area contributed by atoms with Crippen molar-refractivity contribution in [1.82, 2.24) is 9.97 Å². The molecule has 2 heterocycles. The van der Waals surface area contributed by atoms with Crippen molar-refractivity contribution in [2.24, 2.45) is 0 Å². The second-order valence-electron chi connectivity index (χ2n) is 4.36. The first-order chi connectivity index (χ1) is 9.58. The summed E-state index contributed by atoms with van der Waals surface area (Å²) in [7, 11) is 1.93. The zero-order chi connectivity index (χ0) is 14.5. The van der Waals surface area contributed by atoms with E-state index in [1.807, 2.05) is 24.1 Å². The number of hydrogen-bond acceptors (Lipinski definition) is 4. The van der Waals surface area contributed by atoms with Gasteiger partial charge in [0.1, 0.15) is 5.82 Å². The van der Waals surface area contributed by atoms with Crippen LogP contribution in [0.4, 0.5) is 5.82 Å². The number of anilines is 1. The summed E-state index contributed by atoms with van der Waals surface area (Å²) in [6.45, 7) is 0.780. The monoisotopic (exact) mass is 335 g/mol. The zero-order valence-electron chi connectivity index (χ0n) is 11.0. The van der Waals surface area contributed by atoms with Crippen molar-refractivity contribution in [2.75, 3.05) is 18.5 Å². The molecule has 0 amide bonds. The van der Waals surface area contributed by atoms with Crippen molar-refractivity contribution in [3.63, 3.8) is 0 Å². The summed E-state index contributed by atoms with van der Waals surface area (Å²) in [4.78, 5) is 21.0. The Balaban J connectivity index is 2.06. The fourth-order valence-corrected chi connectivity index (χ4v) is 2.43. The molecule has 0 aliphatic heterocycles. The van der Waals surface area contributed by atoms with Crippen molar-refractivity contribution in [3.8, 4) is 0 Å². The number of aromatic carboxylic acids is 1. The van der Waals surface area contributed by atoms with Crippen LogP contribution in [0.3, 0.4) is 0 Å². The molecule has 2 rings (SSSR count). The molecule has 6 heteroatoms. The number of pyridine rings is 2. The number of carboxylic acid groups (broad SMARTS) is 1. The van der Waals surface area contributed by atoms with Gasteiger partial charge in [0.2, 0.25) is 0 Å². The Morgan fingerprint density at radius 3 is 2.70 bits per heavy atom. The minimum atomic E-state index is -0.982. The number of carboxylic acids is 1. The van der Waals surface area contributed by atoms with Crippen LogP contribution in [0.5, 0.6) is 0 Å². The number of halogens is 1. The fourth-order valence-electron chi connectivity index (χ4n) is 1.78. The molecule has 0 aliphatic carbocycles. The molecule has 0 unspecified atom stereocenters. The summed E-state index contributed by atoms with van der Waals surface area (Å²) >= 11 is 3.36. The Labute approximate surface area is 125 Å². The van der Waals surface area contributed by atoms with E-state index in [1.165, 1.54) is 11.8 Å². The summed E-state index contributed by atoms with van der Waals surface area (Å²) in [5.74, 6) is -0.256. The van der Waals surface area contributed by atoms with Crippen LogP contribution in [0, 0.1) is 0 Å². The van der Waals surface area contributed by atoms with Crippen LogP contribution in [0.1, 0.15) is 15.9 Å². The first-order valence-electron chi connectivity index (χ1n) is 6.07. The van der Waals surface area contributed by atoms with Crippen molar-refractivity contribution < 1.29 is 9.90 Å². The van der Waals surface area contributed by atoms with Gasteiger partial charge in [0, 0.05) is 32.2 Å². The molecule has 2 aromatic heterocycles. The number of likely N-dealkylation sites (N-methyl/N-ethyl adjacent to an activating group) is 1. The van der Waals surface area contributed by atoms with Crippen LogP contribution in [-0.4, -0.2) is 34.6 Å². The van der Waals surface area contributed by atoms with E-state index in [2.05, 4.69) is 25.9 Å². The Morgan fingerprint density at radius 2 is 2.10 bits per heavy atom. The molecule has 0 radical (unpaired) electrons. The molecule has 0 saturated heterocycles. The number of carbonyl (C=O) groups is 1. The van der Waals surface area contributed by atoms with Gasteiger partial charge in [-0.1, -0.05) is 0 Å². The highest BCUT2D eigenvalue weighted by molar-refractivity contribution is 9.10. The molecule has 0 atom stereocenters. The topological polar surface area (TPSA) is 66.3 Å². The molecular formula is C14H14BrN3O2. The van der Waals surface area contributed by atoms with Crippen LogP contribution in [0.2, 0.25) is 0 Å². The SMILES string of the molecule is CN(CCc1ccncc1)c1ncc(C(=O)O)cc1Br. The van der Waals surface area contributed by atoms with E-state index in [4.69, 9.17) is 5.11 Å². The molecule has 5 nitrogen and oxygen atoms in total. The largest absolute Gasteiger partial charge is 0.478 e. The normalized spacial score (nSPS) is 10.3. The lowest BCUT2D eigenvalue weighted by atomic mass is 10.2. The van der Waals surface area contributed by atoms with Crippen molar-refractivity contribution in [3.05, 3.63) is 52.4 Å². The summed E-state index contributed by atoms with van der Waals surface area (Å²) in [5.41, 5.74) is 1.37. The average Bonchev–Trinajstić information content (AvgIpc) is 2.45. The van der Waals surface area contributed by atoms with Gasteiger partial charge in [-0.2, -0.15) is 0 Å². The van der Waals surface area contributed by atoms with Gasteiger partial charge < -0.3 is 10.0 Å². The summed E-state index contributed by atoms with van der Waals surface area (Å²) < 4.78 is 0.676. The van der Waals surface area contributed by atoms with Gasteiger partial charge in [0.25, 0.3) is 0 Å². The number of hydrogen-bond donors (Lipinski definition) is 1. The lowest BCUT2D eigenvalue weighted by molar-refractivity contribution is 0.0696. The Hall–Kier alpha value is -1.95. The molecule has 1 N–H and O–H groups in total. The minimum Gasteiger partial charge on any atom is -0.478 e. The molecule has 0 spiro atoms. The molecular weight excluding hydrogens is 322 g/mol. The third-order valence-electron chi connectivity index (χ3n) is 2.92. The molecule has 2 aromatic rings. The van der Waals surface area contributed by atoms with Gasteiger partial charge in [0.15, 0.2) is 0 Å². The van der Waals surface area contributed by atoms with Gasteiger partial charge in [-0.25, -0.2) is 9.78 Å². The Kier molecular flexibility index (Phi) is 4.68. The quantitative estimate of drug-likeness (QED) is 0.909. The third-order valence-corrected chi connectivity index (χ3v) is 3.50. The lowest BCUT2D eigenvalue weighted by Crippen LogP contribution is -2.22. The molecule has 0 fully saturated rings.